The van der Waals surface area contributed by atoms with Crippen molar-refractivity contribution in [2.24, 2.45) is 14.1 Å². The van der Waals surface area contributed by atoms with Crippen LogP contribution in [0.1, 0.15) is 55.4 Å². The van der Waals surface area contributed by atoms with Crippen LogP contribution in [0, 0.1) is 23.3 Å². The van der Waals surface area contributed by atoms with Gasteiger partial charge < -0.3 is 15.3 Å². The van der Waals surface area contributed by atoms with Gasteiger partial charge in [-0.05, 0) is 71.5 Å². The van der Waals surface area contributed by atoms with Gasteiger partial charge in [0, 0.05) is 62.3 Å². The topological polar surface area (TPSA) is 169 Å². The molecule has 3 atom stereocenters. The highest BCUT2D eigenvalue weighted by Crippen LogP contribution is 2.41. The Hall–Kier alpha value is -7.08. The minimum atomic E-state index is -1.68. The molecule has 0 aliphatic heterocycles. The third-order valence-electron chi connectivity index (χ3n) is 10.6. The Balaban J connectivity index is 0.000000207. The van der Waals surface area contributed by atoms with Crippen molar-refractivity contribution in [3.8, 4) is 22.5 Å². The number of nitrogens with one attached hydrogen (secondary N) is 1. The number of aliphatic hydroxyl groups excluding tert-OH is 1. The van der Waals surface area contributed by atoms with Gasteiger partial charge in [0.1, 0.15) is 59.8 Å². The molecule has 0 radical (unpaired) electrons. The minimum absolute atomic E-state index is 0.00242. The molecule has 8 aromatic rings. The molecule has 0 spiro atoms. The van der Waals surface area contributed by atoms with E-state index >= 15 is 0 Å². The van der Waals surface area contributed by atoms with E-state index in [1.807, 2.05) is 74.8 Å². The van der Waals surface area contributed by atoms with Gasteiger partial charge in [0.05, 0.1) is 17.9 Å². The Labute approximate surface area is 368 Å². The van der Waals surface area contributed by atoms with Gasteiger partial charge in [0.2, 0.25) is 0 Å². The van der Waals surface area contributed by atoms with Gasteiger partial charge in [-0.3, -0.25) is 14.5 Å². The van der Waals surface area contributed by atoms with Crippen LogP contribution in [0.15, 0.2) is 141 Å². The molecule has 4 N–H and O–H groups in total. The summed E-state index contributed by atoms with van der Waals surface area (Å²) in [4.78, 5) is 7.45. The van der Waals surface area contributed by atoms with E-state index in [0.717, 1.165) is 52.3 Å². The zero-order valence-electron chi connectivity index (χ0n) is 36.0. The Morgan fingerprint density at radius 1 is 0.719 bits per heavy atom. The smallest absolute Gasteiger partial charge is 0.137 e. The molecule has 334 valence electrons. The molecule has 4 aromatic heterocycles. The number of rotatable bonds is 11. The maximum absolute atomic E-state index is 14.7. The highest BCUT2D eigenvalue weighted by atomic mass is 19.1. The predicted molar refractivity (Wildman–Crippen MR) is 235 cm³/mol. The molecule has 0 amide bonds. The second kappa shape index (κ2) is 21.8. The van der Waals surface area contributed by atoms with Crippen LogP contribution in [-0.4, -0.2) is 71.4 Å². The molecule has 4 aromatic carbocycles. The molecular formula is C47H50F4N10O3. The van der Waals surface area contributed by atoms with Gasteiger partial charge in [0.15, 0.2) is 0 Å². The van der Waals surface area contributed by atoms with Crippen LogP contribution >= 0.6 is 0 Å². The molecule has 0 aliphatic rings. The number of H-pyrrole nitrogens is 1. The van der Waals surface area contributed by atoms with E-state index in [1.165, 1.54) is 42.1 Å². The van der Waals surface area contributed by atoms with E-state index < -0.39 is 40.4 Å². The molecule has 0 saturated carbocycles. The summed E-state index contributed by atoms with van der Waals surface area (Å²) in [6, 6.07) is 25.3. The first kappa shape index (κ1) is 48.0. The summed E-state index contributed by atoms with van der Waals surface area (Å²) in [5, 5.41) is 48.7. The van der Waals surface area contributed by atoms with Crippen LogP contribution in [0.25, 0.3) is 28.1 Å². The molecule has 0 saturated heterocycles. The van der Waals surface area contributed by atoms with E-state index in [9.17, 15) is 27.8 Å². The number of aromatic nitrogens is 10. The van der Waals surface area contributed by atoms with E-state index in [-0.39, 0.29) is 30.7 Å². The van der Waals surface area contributed by atoms with Crippen molar-refractivity contribution in [3.05, 3.63) is 187 Å². The lowest BCUT2D eigenvalue weighted by atomic mass is 9.77. The van der Waals surface area contributed by atoms with Crippen molar-refractivity contribution in [1.29, 1.82) is 0 Å². The predicted octanol–water partition coefficient (Wildman–Crippen LogP) is 8.13. The van der Waals surface area contributed by atoms with Gasteiger partial charge in [-0.2, -0.15) is 20.4 Å². The molecule has 64 heavy (non-hydrogen) atoms. The molecule has 4 heterocycles. The average Bonchev–Trinajstić information content (AvgIpc) is 4.15. The molecule has 0 unspecified atom stereocenters. The zero-order valence-corrected chi connectivity index (χ0v) is 36.0. The maximum Gasteiger partial charge on any atom is 0.137 e. The number of aliphatic hydroxyl groups is 3. The maximum atomic E-state index is 14.7. The van der Waals surface area contributed by atoms with Gasteiger partial charge in [-0.1, -0.05) is 75.0 Å². The number of aromatic amines is 1. The highest BCUT2D eigenvalue weighted by molar-refractivity contribution is 5.74. The number of hydrogen-bond donors (Lipinski definition) is 4. The van der Waals surface area contributed by atoms with Crippen molar-refractivity contribution in [2.75, 3.05) is 6.61 Å². The first-order valence-corrected chi connectivity index (χ1v) is 20.1. The first-order chi connectivity index (χ1) is 30.7. The second-order valence-corrected chi connectivity index (χ2v) is 14.5. The van der Waals surface area contributed by atoms with Gasteiger partial charge in [-0.15, -0.1) is 0 Å². The normalized spacial score (nSPS) is 13.1. The molecule has 13 nitrogen and oxygen atoms in total. The van der Waals surface area contributed by atoms with Crippen LogP contribution in [-0.2, 0) is 31.8 Å². The van der Waals surface area contributed by atoms with E-state index in [0.29, 0.717) is 11.1 Å². The lowest BCUT2D eigenvalue weighted by Gasteiger charge is -2.35. The standard InChI is InChI=1S/C22H21F2N5O.C21H20F2N2O.C2H3N3.C2H6O/c1-15(16-3-5-17(6-4-16)21-9-10-26-28(21)2)22(30,12-29-14-25-13-27-29)19-8-7-18(23)11-20(19)24;1-4-21(26,18-10-9-17(22)13-19(18)23)14(2)15-5-7-16(8-6-15)20-11-12-24-25(20)3;1-3-2-5-4-1;1-2-3/h3-11,13-15,30H,12H2,1-2H3;5-13,26H,2,4H2,1,3H3;1-2H,(H,3,4,5);3H,2H2,1H3/t15-,22+;21-;;/m01../s1. The summed E-state index contributed by atoms with van der Waals surface area (Å²) in [5.41, 5.74) is 2.41. The number of nitrogens with zero attached hydrogens (tertiary/aromatic N) is 9. The number of benzene rings is 4. The Morgan fingerprint density at radius 2 is 1.25 bits per heavy atom. The largest absolute Gasteiger partial charge is 0.397 e. The molecule has 0 aliphatic carbocycles. The minimum Gasteiger partial charge on any atom is -0.397 e. The third-order valence-corrected chi connectivity index (χ3v) is 10.6. The fraction of sp³-hybridized carbons (Fsp3) is 0.234. The quantitative estimate of drug-likeness (QED) is 0.0938. The number of hydrogen-bond acceptors (Lipinski definition) is 9. The van der Waals surface area contributed by atoms with Crippen molar-refractivity contribution in [1.82, 2.24) is 49.5 Å². The van der Waals surface area contributed by atoms with Gasteiger partial charge in [-0.25, -0.2) is 32.2 Å². The Kier molecular flexibility index (Phi) is 16.4. The average molecular weight is 879 g/mol. The molecular weight excluding hydrogens is 829 g/mol. The Morgan fingerprint density at radius 3 is 1.66 bits per heavy atom. The summed E-state index contributed by atoms with van der Waals surface area (Å²) < 4.78 is 60.6. The summed E-state index contributed by atoms with van der Waals surface area (Å²) >= 11 is 0. The van der Waals surface area contributed by atoms with E-state index in [1.54, 1.807) is 42.5 Å². The highest BCUT2D eigenvalue weighted by Gasteiger charge is 2.40. The van der Waals surface area contributed by atoms with Gasteiger partial charge >= 0.3 is 0 Å². The monoisotopic (exact) mass is 878 g/mol. The number of halogens is 4. The van der Waals surface area contributed by atoms with E-state index in [2.05, 4.69) is 42.0 Å². The van der Waals surface area contributed by atoms with Crippen LogP contribution < -0.4 is 0 Å². The summed E-state index contributed by atoms with van der Waals surface area (Å²) in [5.74, 6) is -3.51. The van der Waals surface area contributed by atoms with Crippen LogP contribution in [0.5, 0.6) is 0 Å². The van der Waals surface area contributed by atoms with E-state index in [4.69, 9.17) is 5.11 Å². The molecule has 17 heteroatoms. The van der Waals surface area contributed by atoms with Crippen LogP contribution in [0.3, 0.4) is 0 Å². The summed E-state index contributed by atoms with van der Waals surface area (Å²) in [6.45, 7) is 9.42. The Bertz CT molecular complexity index is 2650. The summed E-state index contributed by atoms with van der Waals surface area (Å²) in [7, 11) is 3.72. The number of aryl methyl sites for hydroxylation is 2. The SMILES string of the molecule is C=C(c1ccc(-c2ccnn2C)cc1)[C@](O)(CC)c1ccc(F)cc1F.CCO.C[C@@H](c1ccc(-c2ccnn2C)cc1)[C@](O)(Cn1cncn1)c1ccc(F)cc1F.c1nc[nH]n1. The van der Waals surface area contributed by atoms with Crippen molar-refractivity contribution >= 4 is 5.57 Å². The van der Waals surface area contributed by atoms with Crippen LogP contribution in [0.2, 0.25) is 0 Å². The van der Waals surface area contributed by atoms with Crippen molar-refractivity contribution < 1.29 is 32.9 Å². The summed E-state index contributed by atoms with van der Waals surface area (Å²) in [6.07, 6.45) is 9.40. The first-order valence-electron chi connectivity index (χ1n) is 20.1. The van der Waals surface area contributed by atoms with Crippen molar-refractivity contribution in [2.45, 2.75) is 50.9 Å². The van der Waals surface area contributed by atoms with Gasteiger partial charge in [0.25, 0.3) is 0 Å². The second-order valence-electron chi connectivity index (χ2n) is 14.5. The third kappa shape index (κ3) is 11.3. The zero-order chi connectivity index (χ0) is 46.4. The fourth-order valence-electron chi connectivity index (χ4n) is 7.03. The van der Waals surface area contributed by atoms with Crippen LogP contribution in [0.4, 0.5) is 17.6 Å². The molecule has 8 rings (SSSR count). The lowest BCUT2D eigenvalue weighted by molar-refractivity contribution is -0.0112. The fourth-order valence-corrected chi connectivity index (χ4v) is 7.03. The van der Waals surface area contributed by atoms with Crippen molar-refractivity contribution in [3.63, 3.8) is 0 Å². The molecule has 0 bridgehead atoms. The molecule has 0 fully saturated rings. The lowest BCUT2D eigenvalue weighted by Crippen LogP contribution is -2.38.